The van der Waals surface area contributed by atoms with Crippen LogP contribution in [0.4, 0.5) is 5.82 Å². The van der Waals surface area contributed by atoms with Crippen molar-refractivity contribution in [3.63, 3.8) is 0 Å². The first-order chi connectivity index (χ1) is 9.04. The van der Waals surface area contributed by atoms with Crippen molar-refractivity contribution in [1.82, 2.24) is 4.98 Å². The molecule has 2 N–H and O–H groups in total. The zero-order valence-corrected chi connectivity index (χ0v) is 11.9. The summed E-state index contributed by atoms with van der Waals surface area (Å²) >= 11 is 18.0. The summed E-state index contributed by atoms with van der Waals surface area (Å²) in [5.41, 5.74) is 7.79. The zero-order chi connectivity index (χ0) is 14.0. The monoisotopic (exact) mass is 311 g/mol. The number of halogens is 3. The number of nitrogen functional groups attached to an aromatic ring is 1. The van der Waals surface area contributed by atoms with E-state index in [1.165, 1.54) is 0 Å². The molecular weight excluding hydrogens is 305 g/mol. The van der Waals surface area contributed by atoms with Crippen LogP contribution in [-0.2, 0) is 6.42 Å². The normalized spacial score (nSPS) is 10.2. The number of nitrogens with zero attached hydrogens (tertiary/aromatic N) is 2. The predicted octanol–water partition coefficient (Wildman–Crippen LogP) is 4.36. The first-order valence-corrected chi connectivity index (χ1v) is 6.43. The first kappa shape index (κ1) is 14.0. The van der Waals surface area contributed by atoms with Gasteiger partial charge in [0.25, 0.3) is 0 Å². The second-order valence-electron chi connectivity index (χ2n) is 3.83. The van der Waals surface area contributed by atoms with Crippen LogP contribution >= 0.6 is 34.8 Å². The number of anilines is 1. The van der Waals surface area contributed by atoms with Crippen molar-refractivity contribution < 1.29 is 0 Å². The third-order valence-corrected chi connectivity index (χ3v) is 3.91. The maximum absolute atomic E-state index is 8.74. The lowest BCUT2D eigenvalue weighted by Gasteiger charge is -2.09. The highest BCUT2D eigenvalue weighted by molar-refractivity contribution is 6.49. The Labute approximate surface area is 125 Å². The number of nitriles is 1. The van der Waals surface area contributed by atoms with Crippen LogP contribution in [0.3, 0.4) is 0 Å². The largest absolute Gasteiger partial charge is 0.383 e. The number of hydrogen-bond acceptors (Lipinski definition) is 3. The van der Waals surface area contributed by atoms with Gasteiger partial charge < -0.3 is 5.73 Å². The number of hydrogen-bond donors (Lipinski definition) is 1. The van der Waals surface area contributed by atoms with Crippen molar-refractivity contribution in [2.75, 3.05) is 5.73 Å². The van der Waals surface area contributed by atoms with Gasteiger partial charge in [-0.2, -0.15) is 5.26 Å². The number of nitrogens with two attached hydrogens (primary N) is 1. The molecule has 0 spiro atoms. The van der Waals surface area contributed by atoms with Crippen LogP contribution < -0.4 is 5.73 Å². The van der Waals surface area contributed by atoms with Crippen LogP contribution in [0.5, 0.6) is 0 Å². The Morgan fingerprint density at radius 1 is 1.21 bits per heavy atom. The van der Waals surface area contributed by atoms with Gasteiger partial charge in [0.05, 0.1) is 27.6 Å². The molecule has 96 valence electrons. The minimum absolute atomic E-state index is 0.186. The van der Waals surface area contributed by atoms with E-state index in [4.69, 9.17) is 45.8 Å². The van der Waals surface area contributed by atoms with E-state index in [2.05, 4.69) is 4.98 Å². The molecule has 0 radical (unpaired) electrons. The van der Waals surface area contributed by atoms with Gasteiger partial charge in [-0.05, 0) is 12.1 Å². The fourth-order valence-electron chi connectivity index (χ4n) is 1.64. The third kappa shape index (κ3) is 2.76. The molecule has 2 rings (SSSR count). The number of pyridine rings is 1. The highest BCUT2D eigenvalue weighted by Crippen LogP contribution is 2.38. The van der Waals surface area contributed by atoms with Gasteiger partial charge in [-0.25, -0.2) is 4.98 Å². The Bertz CT molecular complexity index is 678. The van der Waals surface area contributed by atoms with E-state index in [1.54, 1.807) is 24.4 Å². The Hall–Kier alpha value is -1.47. The molecule has 0 saturated heterocycles. The van der Waals surface area contributed by atoms with Gasteiger partial charge in [-0.15, -0.1) is 0 Å². The molecule has 0 atom stereocenters. The van der Waals surface area contributed by atoms with E-state index in [0.29, 0.717) is 32.0 Å². The number of aromatic nitrogens is 1. The van der Waals surface area contributed by atoms with Gasteiger partial charge in [0.2, 0.25) is 0 Å². The van der Waals surface area contributed by atoms with E-state index in [9.17, 15) is 0 Å². The van der Waals surface area contributed by atoms with Crippen molar-refractivity contribution in [1.29, 1.82) is 5.26 Å². The summed E-state index contributed by atoms with van der Waals surface area (Å²) in [7, 11) is 0. The van der Waals surface area contributed by atoms with Crippen LogP contribution in [0.2, 0.25) is 15.1 Å². The maximum atomic E-state index is 8.74. The molecule has 0 aliphatic carbocycles. The highest BCUT2D eigenvalue weighted by atomic mass is 35.5. The van der Waals surface area contributed by atoms with Crippen molar-refractivity contribution in [3.05, 3.63) is 45.0 Å². The lowest BCUT2D eigenvalue weighted by Crippen LogP contribution is -1.97. The van der Waals surface area contributed by atoms with Gasteiger partial charge in [0.1, 0.15) is 5.82 Å². The summed E-state index contributed by atoms with van der Waals surface area (Å²) in [6.45, 7) is 0. The highest BCUT2D eigenvalue weighted by Gasteiger charge is 2.12. The Morgan fingerprint density at radius 3 is 2.63 bits per heavy atom. The zero-order valence-electron chi connectivity index (χ0n) is 9.62. The molecule has 1 aromatic heterocycles. The summed E-state index contributed by atoms with van der Waals surface area (Å²) in [6, 6.07) is 7.22. The minimum atomic E-state index is 0.186. The summed E-state index contributed by atoms with van der Waals surface area (Å²) in [5.74, 6) is 0.335. The summed E-state index contributed by atoms with van der Waals surface area (Å²) in [5, 5.41) is 9.77. The second-order valence-corrected chi connectivity index (χ2v) is 4.99. The summed E-state index contributed by atoms with van der Waals surface area (Å²) in [6.07, 6.45) is 1.77. The van der Waals surface area contributed by atoms with Gasteiger partial charge in [0.15, 0.2) is 0 Å². The molecule has 0 unspecified atom stereocenters. The van der Waals surface area contributed by atoms with Gasteiger partial charge >= 0.3 is 0 Å². The van der Waals surface area contributed by atoms with Gasteiger partial charge in [0, 0.05) is 22.9 Å². The fourth-order valence-corrected chi connectivity index (χ4v) is 2.29. The molecular formula is C13H8Cl3N3. The van der Waals surface area contributed by atoms with E-state index < -0.39 is 0 Å². The van der Waals surface area contributed by atoms with Crippen molar-refractivity contribution in [2.45, 2.75) is 6.42 Å². The van der Waals surface area contributed by atoms with Gasteiger partial charge in [-0.1, -0.05) is 40.9 Å². The molecule has 1 heterocycles. The molecule has 0 bridgehead atoms. The molecule has 0 saturated carbocycles. The molecule has 0 amide bonds. The van der Waals surface area contributed by atoms with E-state index in [0.717, 1.165) is 5.56 Å². The minimum Gasteiger partial charge on any atom is -0.383 e. The molecule has 0 fully saturated rings. The third-order valence-electron chi connectivity index (χ3n) is 2.62. The summed E-state index contributed by atoms with van der Waals surface area (Å²) in [4.78, 5) is 4.06. The molecule has 0 aliphatic heterocycles. The molecule has 6 heteroatoms. The standard InChI is InChI=1S/C13H8Cl3N3/c14-10-2-1-9(11(15)12(10)16)8-5-7(3-4-17)13(18)19-6-8/h1-2,5-6H,3H2,(H2,18,19). The number of rotatable bonds is 2. The SMILES string of the molecule is N#CCc1cc(-c2ccc(Cl)c(Cl)c2Cl)cnc1N. The topological polar surface area (TPSA) is 62.7 Å². The lowest BCUT2D eigenvalue weighted by molar-refractivity contribution is 1.20. The second kappa shape index (κ2) is 5.66. The molecule has 19 heavy (non-hydrogen) atoms. The number of benzene rings is 1. The molecule has 0 aliphatic rings. The van der Waals surface area contributed by atoms with Crippen LogP contribution in [0.1, 0.15) is 5.56 Å². The van der Waals surface area contributed by atoms with Crippen molar-refractivity contribution in [3.8, 4) is 17.2 Å². The van der Waals surface area contributed by atoms with Crippen LogP contribution in [0.15, 0.2) is 24.4 Å². The lowest BCUT2D eigenvalue weighted by atomic mass is 10.0. The smallest absolute Gasteiger partial charge is 0.127 e. The van der Waals surface area contributed by atoms with Gasteiger partial charge in [-0.3, -0.25) is 0 Å². The predicted molar refractivity (Wildman–Crippen MR) is 78.4 cm³/mol. The van der Waals surface area contributed by atoms with Crippen molar-refractivity contribution >= 4 is 40.6 Å². The van der Waals surface area contributed by atoms with Crippen molar-refractivity contribution in [2.24, 2.45) is 0 Å². The van der Waals surface area contributed by atoms with Crippen LogP contribution in [0.25, 0.3) is 11.1 Å². The van der Waals surface area contributed by atoms with E-state index >= 15 is 0 Å². The molecule has 3 nitrogen and oxygen atoms in total. The summed E-state index contributed by atoms with van der Waals surface area (Å²) < 4.78 is 0. The average molecular weight is 313 g/mol. The van der Waals surface area contributed by atoms with E-state index in [-0.39, 0.29) is 6.42 Å². The maximum Gasteiger partial charge on any atom is 0.127 e. The molecule has 1 aromatic carbocycles. The first-order valence-electron chi connectivity index (χ1n) is 5.29. The molecule has 2 aromatic rings. The fraction of sp³-hybridized carbons (Fsp3) is 0.0769. The Morgan fingerprint density at radius 2 is 1.95 bits per heavy atom. The van der Waals surface area contributed by atoms with E-state index in [1.807, 2.05) is 6.07 Å². The Balaban J connectivity index is 2.57. The Kier molecular flexibility index (Phi) is 4.16. The average Bonchev–Trinajstić information content (AvgIpc) is 2.39. The quantitative estimate of drug-likeness (QED) is 0.838. The van der Waals surface area contributed by atoms with Crippen LogP contribution in [-0.4, -0.2) is 4.98 Å². The van der Waals surface area contributed by atoms with Crippen LogP contribution in [0, 0.1) is 11.3 Å².